The van der Waals surface area contributed by atoms with E-state index in [1.807, 2.05) is 0 Å². The number of hydrogen-bond donors (Lipinski definition) is 1. The van der Waals surface area contributed by atoms with Crippen molar-refractivity contribution >= 4 is 5.91 Å². The summed E-state index contributed by atoms with van der Waals surface area (Å²) >= 11 is 0. The van der Waals surface area contributed by atoms with Crippen LogP contribution in [-0.4, -0.2) is 10.5 Å². The average molecular weight is 278 g/mol. The van der Waals surface area contributed by atoms with Gasteiger partial charge >= 0.3 is 0 Å². The Kier molecular flexibility index (Phi) is 3.93. The van der Waals surface area contributed by atoms with Gasteiger partial charge in [0.2, 0.25) is 0 Å². The van der Waals surface area contributed by atoms with E-state index in [1.165, 1.54) is 35.9 Å². The van der Waals surface area contributed by atoms with Gasteiger partial charge in [0.25, 0.3) is 11.5 Å². The summed E-state index contributed by atoms with van der Waals surface area (Å²) in [4.78, 5) is 23.3. The molecule has 1 aromatic carbocycles. The molecule has 6 heteroatoms. The number of carbonyl (C=O) groups is 1. The van der Waals surface area contributed by atoms with Gasteiger partial charge < -0.3 is 9.88 Å². The van der Waals surface area contributed by atoms with Crippen molar-refractivity contribution in [2.75, 3.05) is 0 Å². The molecule has 2 aromatic rings. The van der Waals surface area contributed by atoms with Gasteiger partial charge in [-0.2, -0.15) is 0 Å². The van der Waals surface area contributed by atoms with Crippen LogP contribution in [0.3, 0.4) is 0 Å². The summed E-state index contributed by atoms with van der Waals surface area (Å²) in [5, 5.41) is 2.48. The van der Waals surface area contributed by atoms with Crippen molar-refractivity contribution in [3.8, 4) is 0 Å². The van der Waals surface area contributed by atoms with Gasteiger partial charge in [-0.15, -0.1) is 0 Å². The lowest BCUT2D eigenvalue weighted by molar-refractivity contribution is 0.0941. The average Bonchev–Trinajstić information content (AvgIpc) is 2.40. The molecular formula is C14H12F2N2O2. The van der Waals surface area contributed by atoms with E-state index in [2.05, 4.69) is 5.32 Å². The molecule has 0 radical (unpaired) electrons. The van der Waals surface area contributed by atoms with E-state index in [9.17, 15) is 18.4 Å². The lowest BCUT2D eigenvalue weighted by Gasteiger charge is -2.09. The fourth-order valence-corrected chi connectivity index (χ4v) is 1.72. The second-order valence-corrected chi connectivity index (χ2v) is 4.23. The molecule has 2 rings (SSSR count). The van der Waals surface area contributed by atoms with Gasteiger partial charge in [0, 0.05) is 31.3 Å². The second-order valence-electron chi connectivity index (χ2n) is 4.23. The molecule has 1 aromatic heterocycles. The number of benzene rings is 1. The number of amides is 1. The molecule has 20 heavy (non-hydrogen) atoms. The molecule has 1 amide bonds. The quantitative estimate of drug-likeness (QED) is 0.927. The van der Waals surface area contributed by atoms with Gasteiger partial charge in [0.1, 0.15) is 17.3 Å². The number of rotatable bonds is 3. The number of aromatic nitrogens is 1. The zero-order chi connectivity index (χ0) is 14.7. The first-order valence-corrected chi connectivity index (χ1v) is 5.87. The van der Waals surface area contributed by atoms with Gasteiger partial charge in [0.05, 0.1) is 0 Å². The first-order chi connectivity index (χ1) is 9.49. The summed E-state index contributed by atoms with van der Waals surface area (Å²) in [7, 11) is 1.47. The van der Waals surface area contributed by atoms with Crippen LogP contribution >= 0.6 is 0 Å². The maximum absolute atomic E-state index is 13.4. The number of carbonyl (C=O) groups excluding carboxylic acids is 1. The number of hydrogen-bond acceptors (Lipinski definition) is 2. The van der Waals surface area contributed by atoms with Crippen molar-refractivity contribution in [2.24, 2.45) is 7.05 Å². The third-order valence-corrected chi connectivity index (χ3v) is 2.87. The summed E-state index contributed by atoms with van der Waals surface area (Å²) in [5.74, 6) is -1.91. The second kappa shape index (κ2) is 5.64. The number of nitrogens with one attached hydrogen (secondary N) is 1. The topological polar surface area (TPSA) is 51.1 Å². The van der Waals surface area contributed by atoms with E-state index in [0.717, 1.165) is 12.1 Å². The summed E-state index contributed by atoms with van der Waals surface area (Å²) in [6, 6.07) is 7.40. The highest BCUT2D eigenvalue weighted by Gasteiger charge is 2.10. The van der Waals surface area contributed by atoms with Gasteiger partial charge in [-0.1, -0.05) is 12.1 Å². The molecule has 0 atom stereocenters. The standard InChI is InChI=1S/C14H12F2N2O2/c1-18-12(3-2-4-13(18)19)14(20)17-8-9-5-6-10(15)7-11(9)16/h2-7H,8H2,1H3,(H,17,20). The Hall–Kier alpha value is -2.50. The van der Waals surface area contributed by atoms with Crippen molar-refractivity contribution in [1.82, 2.24) is 9.88 Å². The normalized spacial score (nSPS) is 10.3. The maximum Gasteiger partial charge on any atom is 0.268 e. The first-order valence-electron chi connectivity index (χ1n) is 5.87. The van der Waals surface area contributed by atoms with Gasteiger partial charge in [-0.05, 0) is 12.1 Å². The highest BCUT2D eigenvalue weighted by atomic mass is 19.1. The van der Waals surface area contributed by atoms with Crippen LogP contribution in [0, 0.1) is 11.6 Å². The van der Waals surface area contributed by atoms with Gasteiger partial charge in [0.15, 0.2) is 0 Å². The Bertz CT molecular complexity index is 711. The molecule has 0 fully saturated rings. The van der Waals surface area contributed by atoms with Gasteiger partial charge in [-0.25, -0.2) is 8.78 Å². The van der Waals surface area contributed by atoms with E-state index >= 15 is 0 Å². The monoisotopic (exact) mass is 278 g/mol. The predicted octanol–water partition coefficient (Wildman–Crippen LogP) is 1.59. The van der Waals surface area contributed by atoms with Crippen LogP contribution in [0.2, 0.25) is 0 Å². The van der Waals surface area contributed by atoms with E-state index in [-0.39, 0.29) is 23.4 Å². The van der Waals surface area contributed by atoms with Crippen molar-refractivity contribution < 1.29 is 13.6 Å². The van der Waals surface area contributed by atoms with Crippen LogP contribution in [0.25, 0.3) is 0 Å². The van der Waals surface area contributed by atoms with Crippen molar-refractivity contribution in [3.63, 3.8) is 0 Å². The first kappa shape index (κ1) is 13.9. The zero-order valence-corrected chi connectivity index (χ0v) is 10.7. The number of nitrogens with zero attached hydrogens (tertiary/aromatic N) is 1. The minimum atomic E-state index is -0.729. The summed E-state index contributed by atoms with van der Waals surface area (Å²) in [5.41, 5.74) is 0.0197. The largest absolute Gasteiger partial charge is 0.347 e. The number of pyridine rings is 1. The third-order valence-electron chi connectivity index (χ3n) is 2.87. The fourth-order valence-electron chi connectivity index (χ4n) is 1.72. The van der Waals surface area contributed by atoms with Crippen LogP contribution in [0.1, 0.15) is 16.1 Å². The Morgan fingerprint density at radius 3 is 2.70 bits per heavy atom. The van der Waals surface area contributed by atoms with Crippen LogP contribution in [0.15, 0.2) is 41.2 Å². The predicted molar refractivity (Wildman–Crippen MR) is 69.2 cm³/mol. The van der Waals surface area contributed by atoms with Crippen LogP contribution in [0.5, 0.6) is 0 Å². The molecule has 0 aliphatic rings. The molecule has 0 aliphatic heterocycles. The summed E-state index contributed by atoms with van der Waals surface area (Å²) in [6.07, 6.45) is 0. The molecule has 0 aliphatic carbocycles. The zero-order valence-electron chi connectivity index (χ0n) is 10.7. The lowest BCUT2D eigenvalue weighted by Crippen LogP contribution is -2.30. The number of halogens is 2. The smallest absolute Gasteiger partial charge is 0.268 e. The van der Waals surface area contributed by atoms with E-state index in [4.69, 9.17) is 0 Å². The highest BCUT2D eigenvalue weighted by molar-refractivity contribution is 5.92. The maximum atomic E-state index is 13.4. The molecule has 1 heterocycles. The SMILES string of the molecule is Cn1c(C(=O)NCc2ccc(F)cc2F)cccc1=O. The van der Waals surface area contributed by atoms with Crippen LogP contribution < -0.4 is 10.9 Å². The van der Waals surface area contributed by atoms with E-state index in [1.54, 1.807) is 0 Å². The minimum absolute atomic E-state index is 0.0893. The Balaban J connectivity index is 2.13. The fraction of sp³-hybridized carbons (Fsp3) is 0.143. The molecule has 0 saturated carbocycles. The summed E-state index contributed by atoms with van der Waals surface area (Å²) < 4.78 is 27.3. The molecule has 0 spiro atoms. The summed E-state index contributed by atoms with van der Waals surface area (Å²) in [6.45, 7) is -0.0893. The molecule has 104 valence electrons. The van der Waals surface area contributed by atoms with Gasteiger partial charge in [-0.3, -0.25) is 9.59 Å². The van der Waals surface area contributed by atoms with Crippen molar-refractivity contribution in [1.29, 1.82) is 0 Å². The Morgan fingerprint density at radius 1 is 1.25 bits per heavy atom. The molecule has 0 bridgehead atoms. The van der Waals surface area contributed by atoms with E-state index in [0.29, 0.717) is 0 Å². The highest BCUT2D eigenvalue weighted by Crippen LogP contribution is 2.09. The van der Waals surface area contributed by atoms with E-state index < -0.39 is 17.5 Å². The molecule has 4 nitrogen and oxygen atoms in total. The van der Waals surface area contributed by atoms with Crippen LogP contribution in [0.4, 0.5) is 8.78 Å². The third kappa shape index (κ3) is 2.90. The Labute approximate surface area is 113 Å². The van der Waals surface area contributed by atoms with Crippen molar-refractivity contribution in [3.05, 3.63) is 69.6 Å². The molecule has 0 saturated heterocycles. The Morgan fingerprint density at radius 2 is 2.00 bits per heavy atom. The van der Waals surface area contributed by atoms with Crippen molar-refractivity contribution in [2.45, 2.75) is 6.54 Å². The minimum Gasteiger partial charge on any atom is -0.347 e. The molecule has 1 N–H and O–H groups in total. The molecule has 0 unspecified atom stereocenters. The van der Waals surface area contributed by atoms with Crippen LogP contribution in [-0.2, 0) is 13.6 Å². The lowest BCUT2D eigenvalue weighted by atomic mass is 10.2. The molecular weight excluding hydrogens is 266 g/mol.